The number of H-pyrrole nitrogens is 1. The van der Waals surface area contributed by atoms with E-state index in [0.29, 0.717) is 27.4 Å². The molecule has 1 saturated heterocycles. The smallest absolute Gasteiger partial charge is 1.00 e. The molecule has 252 valence electrons. The molecule has 11 nitrogen and oxygen atoms in total. The van der Waals surface area contributed by atoms with E-state index in [1.54, 1.807) is 10.9 Å². The molecule has 3 heterocycles. The second kappa shape index (κ2) is 26.9. The Labute approximate surface area is 311 Å². The van der Waals surface area contributed by atoms with Crippen LogP contribution in [0.4, 0.5) is 0 Å². The Bertz CT molecular complexity index is 1030. The average Bonchev–Trinajstić information content (AvgIpc) is 3.69. The largest absolute Gasteiger partial charge is 1.00 e. The zero-order chi connectivity index (χ0) is 32.2. The molecule has 3 rings (SSSR count). The number of ether oxygens (including phenoxy) is 5. The maximum absolute atomic E-state index is 11.3. The topological polar surface area (TPSA) is 127 Å². The number of hydrogen-bond acceptors (Lipinski definition) is 9. The number of esters is 2. The second-order valence-electron chi connectivity index (χ2n) is 11.4. The Hall–Kier alpha value is -0.0762. The maximum Gasteiger partial charge on any atom is 1.00 e. The average molecular weight is 819 g/mol. The minimum atomic E-state index is -1.06. The first-order valence-electron chi connectivity index (χ1n) is 13.5. The van der Waals surface area contributed by atoms with Crippen molar-refractivity contribution in [1.29, 1.82) is 0 Å². The first-order chi connectivity index (χ1) is 19.6. The summed E-state index contributed by atoms with van der Waals surface area (Å²) in [7, 11) is 0.706. The molecule has 0 bridgehead atoms. The van der Waals surface area contributed by atoms with Crippen LogP contribution >= 0.6 is 43.5 Å². The van der Waals surface area contributed by atoms with Crippen LogP contribution in [-0.2, 0) is 30.4 Å². The van der Waals surface area contributed by atoms with E-state index in [0.717, 1.165) is 32.5 Å². The number of aromatic nitrogens is 4. The number of halogens is 3. The van der Waals surface area contributed by atoms with Gasteiger partial charge in [-0.3, -0.25) is 5.10 Å². The quantitative estimate of drug-likeness (QED) is 0.148. The summed E-state index contributed by atoms with van der Waals surface area (Å²) in [6.07, 6.45) is 5.76. The molecule has 0 saturated carbocycles. The number of methoxy groups -OCH3 is 2. The number of hydrogen-bond donors (Lipinski definition) is 1. The third-order valence-corrected chi connectivity index (χ3v) is 9.94. The van der Waals surface area contributed by atoms with Crippen LogP contribution in [0.1, 0.15) is 42.7 Å². The van der Waals surface area contributed by atoms with E-state index in [2.05, 4.69) is 95.9 Å². The Morgan fingerprint density at radius 2 is 1.50 bits per heavy atom. The van der Waals surface area contributed by atoms with Gasteiger partial charge in [0.25, 0.3) is 0 Å². The fourth-order valence-electron chi connectivity index (χ4n) is 2.69. The summed E-state index contributed by atoms with van der Waals surface area (Å²) in [5, 5.41) is 10.2. The van der Waals surface area contributed by atoms with E-state index in [-0.39, 0.29) is 44.1 Å². The number of carbonyl (C=O) groups is 2. The summed E-state index contributed by atoms with van der Waals surface area (Å²) in [5.74, 6) is -0.882. The molecule has 0 amide bonds. The summed E-state index contributed by atoms with van der Waals surface area (Å²) in [5.41, 5.74) is 0.605. The van der Waals surface area contributed by atoms with E-state index in [9.17, 15) is 9.59 Å². The van der Waals surface area contributed by atoms with Crippen LogP contribution < -0.4 is 29.6 Å². The van der Waals surface area contributed by atoms with Crippen molar-refractivity contribution in [3.63, 3.8) is 0 Å². The van der Waals surface area contributed by atoms with E-state index in [1.807, 2.05) is 0 Å². The molecule has 2 aromatic rings. The summed E-state index contributed by atoms with van der Waals surface area (Å²) in [6.45, 7) is 17.8. The van der Waals surface area contributed by atoms with Crippen LogP contribution in [0.3, 0.4) is 0 Å². The summed E-state index contributed by atoms with van der Waals surface area (Å²) < 4.78 is 27.4. The number of aromatic amines is 1. The van der Waals surface area contributed by atoms with Crippen LogP contribution in [-0.4, -0.2) is 94.8 Å². The predicted molar refractivity (Wildman–Crippen MR) is 186 cm³/mol. The number of nitrogens with zero attached hydrogens (tertiary/aromatic N) is 3. The molecule has 0 aromatic carbocycles. The summed E-state index contributed by atoms with van der Waals surface area (Å²) >= 11 is 11.7. The molecule has 0 aliphatic carbocycles. The molecule has 44 heavy (non-hydrogen) atoms. The molecular weight excluding hydrogens is 767 g/mol. The van der Waals surface area contributed by atoms with Crippen molar-refractivity contribution in [3.05, 3.63) is 32.7 Å². The molecule has 1 N–H and O–H groups in total. The van der Waals surface area contributed by atoms with Crippen molar-refractivity contribution in [2.75, 3.05) is 46.7 Å². The molecule has 1 aliphatic rings. The Balaban J connectivity index is -0.000000266. The number of nitrogens with one attached hydrogen (secondary N) is 1. The van der Waals surface area contributed by atoms with Gasteiger partial charge in [-0.05, 0) is 56.8 Å². The number of rotatable bonds is 11. The molecule has 0 spiro atoms. The van der Waals surface area contributed by atoms with Gasteiger partial charge in [-0.25, -0.2) is 14.3 Å². The predicted octanol–water partition coefficient (Wildman–Crippen LogP) is 4.79. The standard InChI is InChI=1S/C11H19BrN2O3Si.C6H15ClOSi.C5H5BrN2O2.C4H8O.CH4.Na.H/c1-16-11(15)10-9(12)7-14(13-10)8-17-5-6-18(2,3)4;1-9(2,3)5-4-8-6-7;1-10-5(9)4-3(6)2-7-8-4;1-2-4-5-3-1;;;/h7H,5-6,8H2,1-4H3;4-6H2,1-3H3;2H,1H3,(H,7,8);1-4H2;1H4;;/q;;;;;+1;-1. The third-order valence-electron chi connectivity index (χ3n) is 5.20. The van der Waals surface area contributed by atoms with Crippen molar-refractivity contribution in [3.8, 4) is 0 Å². The zero-order valence-electron chi connectivity index (χ0n) is 28.1. The van der Waals surface area contributed by atoms with Gasteiger partial charge in [-0.1, -0.05) is 58.3 Å². The van der Waals surface area contributed by atoms with Crippen LogP contribution in [0.5, 0.6) is 0 Å². The third kappa shape index (κ3) is 25.1. The Morgan fingerprint density at radius 1 is 0.977 bits per heavy atom. The first kappa shape index (κ1) is 48.3. The molecule has 1 fully saturated rings. The van der Waals surface area contributed by atoms with Crippen LogP contribution in [0, 0.1) is 0 Å². The number of alkyl halides is 1. The molecule has 0 atom stereocenters. The van der Waals surface area contributed by atoms with Gasteiger partial charge in [0.1, 0.15) is 12.8 Å². The molecular formula is C27H52Br2ClN4NaO7Si2. The first-order valence-corrected chi connectivity index (χ1v) is 23.1. The van der Waals surface area contributed by atoms with E-state index in [4.69, 9.17) is 25.8 Å². The molecule has 17 heteroatoms. The van der Waals surface area contributed by atoms with Crippen LogP contribution in [0.15, 0.2) is 21.3 Å². The fourth-order valence-corrected chi connectivity index (χ4v) is 5.15. The van der Waals surface area contributed by atoms with Crippen molar-refractivity contribution < 1.29 is 64.3 Å². The Morgan fingerprint density at radius 3 is 1.89 bits per heavy atom. The molecule has 1 aliphatic heterocycles. The minimum Gasteiger partial charge on any atom is -1.00 e. The monoisotopic (exact) mass is 816 g/mol. The van der Waals surface area contributed by atoms with Gasteiger partial charge in [0.05, 0.1) is 29.4 Å². The minimum absolute atomic E-state index is 0. The molecule has 0 radical (unpaired) electrons. The fraction of sp³-hybridized carbons (Fsp3) is 0.704. The van der Waals surface area contributed by atoms with Crippen LogP contribution in [0.2, 0.25) is 51.4 Å². The van der Waals surface area contributed by atoms with Gasteiger partial charge in [0.2, 0.25) is 0 Å². The SMILES string of the molecule is C.C1CCOC1.COC(=O)c1[nH]ncc1Br.COC(=O)c1nn(COCC[Si](C)(C)C)cc1Br.C[Si](C)(C)CCOCCl.[H-].[Na+]. The number of carbonyl (C=O) groups excluding carboxylic acids is 2. The van der Waals surface area contributed by atoms with Crippen molar-refractivity contribution in [1.82, 2.24) is 20.0 Å². The summed E-state index contributed by atoms with van der Waals surface area (Å²) in [4.78, 5) is 22.1. The van der Waals surface area contributed by atoms with Crippen LogP contribution in [0.25, 0.3) is 0 Å². The zero-order valence-corrected chi connectivity index (χ0v) is 35.0. The molecule has 2 aromatic heterocycles. The van der Waals surface area contributed by atoms with E-state index >= 15 is 0 Å². The van der Waals surface area contributed by atoms with Gasteiger partial charge >= 0.3 is 41.5 Å². The van der Waals surface area contributed by atoms with E-state index < -0.39 is 28.1 Å². The normalized spacial score (nSPS) is 12.1. The van der Waals surface area contributed by atoms with E-state index in [1.165, 1.54) is 39.3 Å². The van der Waals surface area contributed by atoms with Gasteiger partial charge in [0, 0.05) is 48.8 Å². The Kier molecular flexibility index (Phi) is 29.6. The maximum atomic E-state index is 11.3. The van der Waals surface area contributed by atoms with Gasteiger partial charge < -0.3 is 25.1 Å². The summed E-state index contributed by atoms with van der Waals surface area (Å²) in [6, 6.07) is 2.66. The van der Waals surface area contributed by atoms with Gasteiger partial charge in [0.15, 0.2) is 11.4 Å². The van der Waals surface area contributed by atoms with Crippen molar-refractivity contribution in [2.24, 2.45) is 0 Å². The van der Waals surface area contributed by atoms with Crippen molar-refractivity contribution in [2.45, 2.75) is 78.4 Å². The molecule has 0 unspecified atom stereocenters. The van der Waals surface area contributed by atoms with Gasteiger partial charge in [-0.15, -0.1) is 0 Å². The van der Waals surface area contributed by atoms with Crippen molar-refractivity contribution >= 4 is 71.5 Å². The van der Waals surface area contributed by atoms with Gasteiger partial charge in [-0.2, -0.15) is 10.2 Å². The second-order valence-corrected chi connectivity index (χ2v) is 24.6.